The molecule has 30 heavy (non-hydrogen) atoms. The van der Waals surface area contributed by atoms with Gasteiger partial charge in [0, 0.05) is 5.69 Å². The van der Waals surface area contributed by atoms with Crippen molar-refractivity contribution in [3.63, 3.8) is 0 Å². The van der Waals surface area contributed by atoms with Crippen LogP contribution in [0.4, 0.5) is 5.69 Å². The van der Waals surface area contributed by atoms with E-state index in [0.717, 1.165) is 16.8 Å². The lowest BCUT2D eigenvalue weighted by Gasteiger charge is -2.06. The summed E-state index contributed by atoms with van der Waals surface area (Å²) in [5, 5.41) is 7.28. The topological polar surface area (TPSA) is 79.8 Å². The molecule has 0 atom stereocenters. The van der Waals surface area contributed by atoms with Crippen LogP contribution in [0.15, 0.2) is 77.9 Å². The zero-order valence-electron chi connectivity index (χ0n) is 16.3. The number of nitrogens with one attached hydrogen (secondary N) is 2. The second-order valence-corrected chi connectivity index (χ2v) is 6.86. The Balaban J connectivity index is 1.47. The number of rotatable bonds is 7. The van der Waals surface area contributed by atoms with Gasteiger partial charge in [-0.05, 0) is 61.0 Å². The Morgan fingerprint density at radius 3 is 2.40 bits per heavy atom. The van der Waals surface area contributed by atoms with Crippen LogP contribution in [0.5, 0.6) is 5.75 Å². The highest BCUT2D eigenvalue weighted by atomic mass is 35.5. The molecule has 0 radical (unpaired) electrons. The number of hydrogen-bond donors (Lipinski definition) is 2. The second kappa shape index (κ2) is 10.2. The summed E-state index contributed by atoms with van der Waals surface area (Å²) in [7, 11) is 0. The number of anilines is 1. The molecule has 0 aliphatic heterocycles. The lowest BCUT2D eigenvalue weighted by atomic mass is 10.2. The van der Waals surface area contributed by atoms with E-state index in [0.29, 0.717) is 16.3 Å². The number of hydrazone groups is 1. The maximum absolute atomic E-state index is 12.2. The largest absolute Gasteiger partial charge is 0.423 e. The third-order valence-corrected chi connectivity index (χ3v) is 4.42. The first-order valence-corrected chi connectivity index (χ1v) is 9.58. The van der Waals surface area contributed by atoms with E-state index in [4.69, 9.17) is 16.3 Å². The van der Waals surface area contributed by atoms with Crippen LogP contribution in [-0.2, 0) is 4.79 Å². The average Bonchev–Trinajstić information content (AvgIpc) is 2.75. The lowest BCUT2D eigenvalue weighted by molar-refractivity contribution is -0.119. The molecule has 3 rings (SSSR count). The summed E-state index contributed by atoms with van der Waals surface area (Å²) in [4.78, 5) is 24.0. The van der Waals surface area contributed by atoms with E-state index in [1.54, 1.807) is 48.5 Å². The third kappa shape index (κ3) is 6.18. The fourth-order valence-corrected chi connectivity index (χ4v) is 2.70. The number of hydrogen-bond acceptors (Lipinski definition) is 5. The van der Waals surface area contributed by atoms with Gasteiger partial charge in [0.25, 0.3) is 5.91 Å². The van der Waals surface area contributed by atoms with Gasteiger partial charge in [-0.15, -0.1) is 0 Å². The number of amides is 1. The minimum absolute atomic E-state index is 0.108. The number of aryl methyl sites for hydroxylation is 1. The Bertz CT molecular complexity index is 1050. The summed E-state index contributed by atoms with van der Waals surface area (Å²) in [6.45, 7) is 2.11. The van der Waals surface area contributed by atoms with Crippen LogP contribution in [0.25, 0.3) is 0 Å². The molecule has 0 bridgehead atoms. The Kier molecular flexibility index (Phi) is 7.19. The van der Waals surface area contributed by atoms with Gasteiger partial charge in [-0.1, -0.05) is 41.4 Å². The monoisotopic (exact) mass is 421 g/mol. The van der Waals surface area contributed by atoms with Crippen LogP contribution < -0.4 is 15.5 Å². The van der Waals surface area contributed by atoms with Crippen molar-refractivity contribution in [2.24, 2.45) is 5.10 Å². The fraction of sp³-hybridized carbons (Fsp3) is 0.0870. The van der Waals surface area contributed by atoms with Crippen LogP contribution in [0.1, 0.15) is 21.5 Å². The summed E-state index contributed by atoms with van der Waals surface area (Å²) in [5.41, 5.74) is 5.50. The molecule has 0 saturated heterocycles. The highest BCUT2D eigenvalue weighted by Gasteiger charge is 2.11. The molecule has 0 fully saturated rings. The first-order valence-electron chi connectivity index (χ1n) is 9.20. The van der Waals surface area contributed by atoms with Gasteiger partial charge in [0.05, 0.1) is 23.3 Å². The molecule has 0 spiro atoms. The molecule has 1 amide bonds. The van der Waals surface area contributed by atoms with Crippen molar-refractivity contribution in [2.75, 3.05) is 11.9 Å². The van der Waals surface area contributed by atoms with E-state index in [1.165, 1.54) is 6.21 Å². The Labute approximate surface area is 179 Å². The molecule has 0 unspecified atom stereocenters. The van der Waals surface area contributed by atoms with Gasteiger partial charge < -0.3 is 10.1 Å². The van der Waals surface area contributed by atoms with E-state index in [-0.39, 0.29) is 12.5 Å². The summed E-state index contributed by atoms with van der Waals surface area (Å²) in [5.74, 6) is -0.420. The number of carbonyl (C=O) groups excluding carboxylic acids is 2. The molecular formula is C23H20ClN3O3. The smallest absolute Gasteiger partial charge is 0.345 e. The van der Waals surface area contributed by atoms with Crippen LogP contribution in [0, 0.1) is 6.92 Å². The van der Waals surface area contributed by atoms with Crippen molar-refractivity contribution in [3.8, 4) is 5.75 Å². The molecule has 0 heterocycles. The predicted octanol–water partition coefficient (Wildman–Crippen LogP) is 4.43. The Hall–Kier alpha value is -3.64. The zero-order valence-corrected chi connectivity index (χ0v) is 17.0. The minimum Gasteiger partial charge on any atom is -0.423 e. The third-order valence-electron chi connectivity index (χ3n) is 4.09. The standard InChI is InChI=1S/C23H20ClN3O3/c1-16-6-10-18(11-7-16)25-15-22(28)27-26-14-17-8-12-19(13-9-17)30-23(29)20-4-2-3-5-21(20)24/h2-14,25H,15H2,1H3,(H,27,28). The van der Waals surface area contributed by atoms with Gasteiger partial charge in [-0.25, -0.2) is 10.2 Å². The van der Waals surface area contributed by atoms with Gasteiger partial charge in [0.1, 0.15) is 5.75 Å². The van der Waals surface area contributed by atoms with Gasteiger partial charge in [-0.3, -0.25) is 4.79 Å². The fourth-order valence-electron chi connectivity index (χ4n) is 2.48. The summed E-state index contributed by atoms with van der Waals surface area (Å²) < 4.78 is 5.31. The van der Waals surface area contributed by atoms with Crippen LogP contribution in [0.2, 0.25) is 5.02 Å². The van der Waals surface area contributed by atoms with Gasteiger partial charge in [0.15, 0.2) is 0 Å². The lowest BCUT2D eigenvalue weighted by Crippen LogP contribution is -2.25. The number of carbonyl (C=O) groups is 2. The van der Waals surface area contributed by atoms with E-state index in [1.807, 2.05) is 31.2 Å². The van der Waals surface area contributed by atoms with Crippen molar-refractivity contribution >= 4 is 35.4 Å². The summed E-state index contributed by atoms with van der Waals surface area (Å²) in [6.07, 6.45) is 1.50. The molecule has 0 aliphatic carbocycles. The Morgan fingerprint density at radius 2 is 1.70 bits per heavy atom. The molecule has 6 nitrogen and oxygen atoms in total. The van der Waals surface area contributed by atoms with Gasteiger partial charge >= 0.3 is 5.97 Å². The quantitative estimate of drug-likeness (QED) is 0.256. The predicted molar refractivity (Wildman–Crippen MR) is 118 cm³/mol. The molecule has 2 N–H and O–H groups in total. The van der Waals surface area contributed by atoms with Crippen LogP contribution in [0.3, 0.4) is 0 Å². The minimum atomic E-state index is -0.532. The molecule has 7 heteroatoms. The molecule has 3 aromatic rings. The van der Waals surface area contributed by atoms with Gasteiger partial charge in [-0.2, -0.15) is 5.10 Å². The van der Waals surface area contributed by atoms with E-state index < -0.39 is 5.97 Å². The molecule has 0 saturated carbocycles. The average molecular weight is 422 g/mol. The second-order valence-electron chi connectivity index (χ2n) is 6.45. The first-order chi connectivity index (χ1) is 14.5. The first kappa shape index (κ1) is 21.1. The molecule has 0 aromatic heterocycles. The number of halogens is 1. The SMILES string of the molecule is Cc1ccc(NCC(=O)NN=Cc2ccc(OC(=O)c3ccccc3Cl)cc2)cc1. The van der Waals surface area contributed by atoms with Crippen molar-refractivity contribution in [1.29, 1.82) is 0 Å². The van der Waals surface area contributed by atoms with E-state index in [2.05, 4.69) is 15.8 Å². The molecule has 152 valence electrons. The molecule has 3 aromatic carbocycles. The van der Waals surface area contributed by atoms with Crippen LogP contribution in [-0.4, -0.2) is 24.6 Å². The summed E-state index contributed by atoms with van der Waals surface area (Å²) >= 11 is 6.00. The van der Waals surface area contributed by atoms with Crippen molar-refractivity contribution in [3.05, 3.63) is 94.5 Å². The highest BCUT2D eigenvalue weighted by Crippen LogP contribution is 2.18. The number of ether oxygens (including phenoxy) is 1. The normalized spacial score (nSPS) is 10.6. The number of esters is 1. The highest BCUT2D eigenvalue weighted by molar-refractivity contribution is 6.33. The maximum atomic E-state index is 12.2. The summed E-state index contributed by atoms with van der Waals surface area (Å²) in [6, 6.07) is 21.1. The zero-order chi connectivity index (χ0) is 21.3. The number of benzene rings is 3. The molecular weight excluding hydrogens is 402 g/mol. The van der Waals surface area contributed by atoms with Gasteiger partial charge in [0.2, 0.25) is 0 Å². The molecule has 0 aliphatic rings. The van der Waals surface area contributed by atoms with Crippen molar-refractivity contribution < 1.29 is 14.3 Å². The van der Waals surface area contributed by atoms with Crippen molar-refractivity contribution in [1.82, 2.24) is 5.43 Å². The van der Waals surface area contributed by atoms with E-state index >= 15 is 0 Å². The van der Waals surface area contributed by atoms with Crippen molar-refractivity contribution in [2.45, 2.75) is 6.92 Å². The maximum Gasteiger partial charge on any atom is 0.345 e. The number of nitrogens with zero attached hydrogens (tertiary/aromatic N) is 1. The van der Waals surface area contributed by atoms with Crippen LogP contribution >= 0.6 is 11.6 Å². The van der Waals surface area contributed by atoms with E-state index in [9.17, 15) is 9.59 Å². The Morgan fingerprint density at radius 1 is 1.00 bits per heavy atom.